The Bertz CT molecular complexity index is 569. The van der Waals surface area contributed by atoms with Gasteiger partial charge in [0.1, 0.15) is 11.6 Å². The molecule has 1 aliphatic rings. The maximum absolute atomic E-state index is 11.8. The van der Waals surface area contributed by atoms with Gasteiger partial charge >= 0.3 is 5.97 Å². The van der Waals surface area contributed by atoms with Crippen LogP contribution in [0.4, 0.5) is 0 Å². The van der Waals surface area contributed by atoms with Crippen molar-refractivity contribution in [2.24, 2.45) is 5.92 Å². The van der Waals surface area contributed by atoms with Crippen LogP contribution < -0.4 is 0 Å². The van der Waals surface area contributed by atoms with E-state index in [0.29, 0.717) is 13.0 Å². The summed E-state index contributed by atoms with van der Waals surface area (Å²) in [7, 11) is 0. The van der Waals surface area contributed by atoms with Crippen LogP contribution in [0.2, 0.25) is 0 Å². The summed E-state index contributed by atoms with van der Waals surface area (Å²) in [5.41, 5.74) is 0.982. The van der Waals surface area contributed by atoms with E-state index in [4.69, 9.17) is 4.74 Å². The lowest BCUT2D eigenvalue weighted by Crippen LogP contribution is -2.10. The number of benzene rings is 1. The zero-order valence-electron chi connectivity index (χ0n) is 12.2. The van der Waals surface area contributed by atoms with Gasteiger partial charge in [-0.1, -0.05) is 44.2 Å². The van der Waals surface area contributed by atoms with Crippen LogP contribution in [0.15, 0.2) is 24.3 Å². The molecule has 4 heteroatoms. The Kier molecular flexibility index (Phi) is 4.86. The largest absolute Gasteiger partial charge is 0.458 e. The number of ether oxygens (including phenoxy) is 1. The van der Waals surface area contributed by atoms with Crippen LogP contribution in [-0.2, 0) is 16.1 Å². The maximum Gasteiger partial charge on any atom is 0.306 e. The standard InChI is InChI=1S/C17H21NO2S/c19-17(11-10-13-6-2-1-3-7-13)20-12-16-18-14-8-4-5-9-15(14)21-16/h4-5,8-9,13H,1-3,6-7,10-12H2. The fourth-order valence-corrected chi connectivity index (χ4v) is 3.87. The molecule has 0 aliphatic heterocycles. The highest BCUT2D eigenvalue weighted by atomic mass is 32.1. The third-order valence-electron chi connectivity index (χ3n) is 4.18. The molecule has 1 aliphatic carbocycles. The summed E-state index contributed by atoms with van der Waals surface area (Å²) < 4.78 is 6.50. The Morgan fingerprint density at radius 3 is 2.86 bits per heavy atom. The van der Waals surface area contributed by atoms with Crippen molar-refractivity contribution in [1.29, 1.82) is 0 Å². The summed E-state index contributed by atoms with van der Waals surface area (Å²) in [6.07, 6.45) is 8.11. The first-order valence-corrected chi connectivity index (χ1v) is 8.63. The van der Waals surface area contributed by atoms with Crippen molar-refractivity contribution < 1.29 is 9.53 Å². The van der Waals surface area contributed by atoms with Gasteiger partial charge in [0.05, 0.1) is 10.2 Å². The predicted molar refractivity (Wildman–Crippen MR) is 85.2 cm³/mol. The van der Waals surface area contributed by atoms with Gasteiger partial charge in [-0.25, -0.2) is 4.98 Å². The minimum atomic E-state index is -0.0835. The number of carbonyl (C=O) groups is 1. The van der Waals surface area contributed by atoms with Crippen LogP contribution >= 0.6 is 11.3 Å². The summed E-state index contributed by atoms with van der Waals surface area (Å²) in [5, 5.41) is 0.877. The molecule has 1 aromatic heterocycles. The first kappa shape index (κ1) is 14.5. The molecule has 1 saturated carbocycles. The second-order valence-corrected chi connectivity index (χ2v) is 6.89. The molecule has 3 nitrogen and oxygen atoms in total. The van der Waals surface area contributed by atoms with Crippen molar-refractivity contribution in [3.8, 4) is 0 Å². The molecule has 0 N–H and O–H groups in total. The summed E-state index contributed by atoms with van der Waals surface area (Å²) in [6.45, 7) is 0.308. The molecule has 21 heavy (non-hydrogen) atoms. The highest BCUT2D eigenvalue weighted by molar-refractivity contribution is 7.18. The summed E-state index contributed by atoms with van der Waals surface area (Å²) in [5.74, 6) is 0.647. The molecule has 0 atom stereocenters. The van der Waals surface area contributed by atoms with Gasteiger partial charge in [0.25, 0.3) is 0 Å². The quantitative estimate of drug-likeness (QED) is 0.752. The smallest absolute Gasteiger partial charge is 0.306 e. The second kappa shape index (κ2) is 7.03. The Hall–Kier alpha value is -1.42. The molecule has 0 saturated heterocycles. The van der Waals surface area contributed by atoms with E-state index in [1.165, 1.54) is 32.1 Å². The number of esters is 1. The van der Waals surface area contributed by atoms with Gasteiger partial charge in [-0.3, -0.25) is 4.79 Å². The van der Waals surface area contributed by atoms with Crippen molar-refractivity contribution in [3.05, 3.63) is 29.3 Å². The number of hydrogen-bond acceptors (Lipinski definition) is 4. The molecule has 0 unspecified atom stereocenters. The summed E-state index contributed by atoms with van der Waals surface area (Å²) in [6, 6.07) is 8.00. The average Bonchev–Trinajstić information content (AvgIpc) is 2.95. The normalized spacial score (nSPS) is 16.2. The van der Waals surface area contributed by atoms with Crippen LogP contribution in [-0.4, -0.2) is 11.0 Å². The Balaban J connectivity index is 1.44. The van der Waals surface area contributed by atoms with E-state index in [2.05, 4.69) is 4.98 Å². The predicted octanol–water partition coefficient (Wildman–Crippen LogP) is 4.70. The number of fused-ring (bicyclic) bond motifs is 1. The number of carbonyl (C=O) groups excluding carboxylic acids is 1. The van der Waals surface area contributed by atoms with Crippen molar-refractivity contribution in [3.63, 3.8) is 0 Å². The molecule has 1 fully saturated rings. The first-order chi connectivity index (χ1) is 10.3. The van der Waals surface area contributed by atoms with E-state index in [-0.39, 0.29) is 5.97 Å². The minimum absolute atomic E-state index is 0.0835. The summed E-state index contributed by atoms with van der Waals surface area (Å²) >= 11 is 1.60. The fourth-order valence-electron chi connectivity index (χ4n) is 2.99. The molecular formula is C17H21NO2S. The van der Waals surface area contributed by atoms with Crippen LogP contribution in [0.3, 0.4) is 0 Å². The third-order valence-corrected chi connectivity index (χ3v) is 5.19. The van der Waals surface area contributed by atoms with E-state index in [9.17, 15) is 4.79 Å². The molecule has 1 heterocycles. The molecular weight excluding hydrogens is 282 g/mol. The van der Waals surface area contributed by atoms with Gasteiger partial charge in [0.15, 0.2) is 0 Å². The lowest BCUT2D eigenvalue weighted by molar-refractivity contribution is -0.145. The van der Waals surface area contributed by atoms with Gasteiger partial charge < -0.3 is 4.74 Å². The third kappa shape index (κ3) is 4.03. The van der Waals surface area contributed by atoms with Crippen LogP contribution in [0.5, 0.6) is 0 Å². The van der Waals surface area contributed by atoms with Crippen LogP contribution in [0, 0.1) is 5.92 Å². The van der Waals surface area contributed by atoms with E-state index < -0.39 is 0 Å². The molecule has 0 radical (unpaired) electrons. The number of aromatic nitrogens is 1. The lowest BCUT2D eigenvalue weighted by atomic mass is 9.86. The van der Waals surface area contributed by atoms with Gasteiger partial charge in [0.2, 0.25) is 0 Å². The first-order valence-electron chi connectivity index (χ1n) is 7.81. The Morgan fingerprint density at radius 1 is 1.24 bits per heavy atom. The Labute approximate surface area is 129 Å². The molecule has 112 valence electrons. The van der Waals surface area contributed by atoms with Gasteiger partial charge in [-0.05, 0) is 24.5 Å². The van der Waals surface area contributed by atoms with Gasteiger partial charge in [-0.2, -0.15) is 0 Å². The highest BCUT2D eigenvalue weighted by Gasteiger charge is 2.15. The van der Waals surface area contributed by atoms with E-state index >= 15 is 0 Å². The SMILES string of the molecule is O=C(CCC1CCCCC1)OCc1nc2ccccc2s1. The molecule has 3 rings (SSSR count). The Morgan fingerprint density at radius 2 is 2.05 bits per heavy atom. The molecule has 0 spiro atoms. The second-order valence-electron chi connectivity index (χ2n) is 5.78. The van der Waals surface area contributed by atoms with Crippen LogP contribution in [0.25, 0.3) is 10.2 Å². The van der Waals surface area contributed by atoms with Crippen molar-refractivity contribution >= 4 is 27.5 Å². The van der Waals surface area contributed by atoms with Crippen molar-refractivity contribution in [2.75, 3.05) is 0 Å². The minimum Gasteiger partial charge on any atom is -0.458 e. The average molecular weight is 303 g/mol. The number of para-hydroxylation sites is 1. The lowest BCUT2D eigenvalue weighted by Gasteiger charge is -2.20. The molecule has 1 aromatic carbocycles. The number of nitrogens with zero attached hydrogens (tertiary/aromatic N) is 1. The summed E-state index contributed by atoms with van der Waals surface area (Å²) in [4.78, 5) is 16.3. The molecule has 2 aromatic rings. The topological polar surface area (TPSA) is 39.2 Å². The van der Waals surface area contributed by atoms with E-state index in [1.807, 2.05) is 24.3 Å². The fraction of sp³-hybridized carbons (Fsp3) is 0.529. The van der Waals surface area contributed by atoms with Crippen molar-refractivity contribution in [2.45, 2.75) is 51.6 Å². The van der Waals surface area contributed by atoms with Crippen molar-refractivity contribution in [1.82, 2.24) is 4.98 Å². The zero-order chi connectivity index (χ0) is 14.5. The van der Waals surface area contributed by atoms with Crippen LogP contribution in [0.1, 0.15) is 50.0 Å². The number of rotatable bonds is 5. The number of thiazole rings is 1. The maximum atomic E-state index is 11.8. The molecule has 0 bridgehead atoms. The van der Waals surface area contributed by atoms with E-state index in [1.54, 1.807) is 11.3 Å². The monoisotopic (exact) mass is 303 g/mol. The van der Waals surface area contributed by atoms with Gasteiger partial charge in [0, 0.05) is 6.42 Å². The van der Waals surface area contributed by atoms with Gasteiger partial charge in [-0.15, -0.1) is 11.3 Å². The number of hydrogen-bond donors (Lipinski definition) is 0. The molecule has 0 amide bonds. The highest BCUT2D eigenvalue weighted by Crippen LogP contribution is 2.27. The zero-order valence-corrected chi connectivity index (χ0v) is 13.0. The van der Waals surface area contributed by atoms with E-state index in [0.717, 1.165) is 27.6 Å².